The summed E-state index contributed by atoms with van der Waals surface area (Å²) in [7, 11) is 2.03. The molecule has 5 nitrogen and oxygen atoms in total. The van der Waals surface area contributed by atoms with Gasteiger partial charge in [0.05, 0.1) is 24.1 Å². The van der Waals surface area contributed by atoms with Gasteiger partial charge < -0.3 is 10.3 Å². The van der Waals surface area contributed by atoms with Gasteiger partial charge >= 0.3 is 0 Å². The number of hydrogen-bond donors (Lipinski definition) is 2. The largest absolute Gasteiger partial charge is 0.348 e. The molecule has 0 aliphatic heterocycles. The van der Waals surface area contributed by atoms with Crippen LogP contribution < -0.4 is 5.32 Å². The zero-order valence-corrected chi connectivity index (χ0v) is 13.5. The summed E-state index contributed by atoms with van der Waals surface area (Å²) in [5.74, 6) is 0.780. The van der Waals surface area contributed by atoms with Crippen LogP contribution in [-0.2, 0) is 11.3 Å². The van der Waals surface area contributed by atoms with E-state index in [0.29, 0.717) is 24.2 Å². The maximum Gasteiger partial charge on any atom is 0.234 e. The van der Waals surface area contributed by atoms with Gasteiger partial charge in [-0.3, -0.25) is 9.69 Å². The van der Waals surface area contributed by atoms with E-state index in [1.54, 1.807) is 0 Å². The zero-order chi connectivity index (χ0) is 15.5. The normalized spacial score (nSPS) is 15.8. The van der Waals surface area contributed by atoms with Gasteiger partial charge in [0.2, 0.25) is 5.91 Å². The highest BCUT2D eigenvalue weighted by Gasteiger charge is 2.21. The van der Waals surface area contributed by atoms with Gasteiger partial charge in [0, 0.05) is 11.1 Å². The van der Waals surface area contributed by atoms with Gasteiger partial charge in [-0.05, 0) is 38.1 Å². The second-order valence-electron chi connectivity index (χ2n) is 5.98. The Labute approximate surface area is 135 Å². The first-order valence-corrected chi connectivity index (χ1v) is 8.11. The molecule has 118 valence electrons. The SMILES string of the molecule is CN(CC(=O)NCc1nc2ccc(Cl)cc2[nH]1)C1CCCC1. The van der Waals surface area contributed by atoms with E-state index in [-0.39, 0.29) is 5.91 Å². The Morgan fingerprint density at radius 1 is 1.45 bits per heavy atom. The fraction of sp³-hybridized carbons (Fsp3) is 0.500. The van der Waals surface area contributed by atoms with Crippen LogP contribution in [0.4, 0.5) is 0 Å². The Hall–Kier alpha value is -1.59. The molecule has 1 fully saturated rings. The maximum atomic E-state index is 12.0. The van der Waals surface area contributed by atoms with Gasteiger partial charge in [-0.2, -0.15) is 0 Å². The second-order valence-corrected chi connectivity index (χ2v) is 6.41. The van der Waals surface area contributed by atoms with Crippen LogP contribution in [0.5, 0.6) is 0 Å². The summed E-state index contributed by atoms with van der Waals surface area (Å²) in [6.45, 7) is 0.848. The molecule has 1 aliphatic rings. The molecule has 1 aromatic heterocycles. The predicted molar refractivity (Wildman–Crippen MR) is 87.8 cm³/mol. The fourth-order valence-corrected chi connectivity index (χ4v) is 3.23. The van der Waals surface area contributed by atoms with Crippen molar-refractivity contribution in [3.8, 4) is 0 Å². The number of nitrogens with zero attached hydrogens (tertiary/aromatic N) is 2. The van der Waals surface area contributed by atoms with Crippen molar-refractivity contribution < 1.29 is 4.79 Å². The van der Waals surface area contributed by atoms with E-state index >= 15 is 0 Å². The van der Waals surface area contributed by atoms with Gasteiger partial charge in [0.15, 0.2) is 0 Å². The summed E-state index contributed by atoms with van der Waals surface area (Å²) in [6.07, 6.45) is 4.96. The van der Waals surface area contributed by atoms with E-state index in [2.05, 4.69) is 20.2 Å². The number of aromatic amines is 1. The summed E-state index contributed by atoms with van der Waals surface area (Å²) in [5.41, 5.74) is 1.75. The van der Waals surface area contributed by atoms with Crippen LogP contribution >= 0.6 is 11.6 Å². The number of benzene rings is 1. The zero-order valence-electron chi connectivity index (χ0n) is 12.7. The molecule has 1 aliphatic carbocycles. The smallest absolute Gasteiger partial charge is 0.234 e. The van der Waals surface area contributed by atoms with Gasteiger partial charge in [0.25, 0.3) is 0 Å². The highest BCUT2D eigenvalue weighted by atomic mass is 35.5. The van der Waals surface area contributed by atoms with Crippen LogP contribution in [-0.4, -0.2) is 40.4 Å². The third kappa shape index (κ3) is 3.59. The number of carbonyl (C=O) groups excluding carboxylic acids is 1. The summed E-state index contributed by atoms with van der Waals surface area (Å²) >= 11 is 5.95. The van der Waals surface area contributed by atoms with Crippen molar-refractivity contribution >= 4 is 28.5 Å². The molecule has 1 aromatic carbocycles. The molecule has 0 spiro atoms. The number of imidazole rings is 1. The molecule has 1 amide bonds. The fourth-order valence-electron chi connectivity index (χ4n) is 3.06. The lowest BCUT2D eigenvalue weighted by molar-refractivity contribution is -0.122. The number of hydrogen-bond acceptors (Lipinski definition) is 3. The van der Waals surface area contributed by atoms with Crippen molar-refractivity contribution in [3.05, 3.63) is 29.0 Å². The number of H-pyrrole nitrogens is 1. The number of aromatic nitrogens is 2. The molecule has 2 N–H and O–H groups in total. The molecule has 0 saturated heterocycles. The van der Waals surface area contributed by atoms with Crippen molar-refractivity contribution in [1.82, 2.24) is 20.2 Å². The first-order valence-electron chi connectivity index (χ1n) is 7.73. The minimum Gasteiger partial charge on any atom is -0.348 e. The van der Waals surface area contributed by atoms with Crippen LogP contribution in [0.2, 0.25) is 5.02 Å². The molecular formula is C16H21ClN4O. The van der Waals surface area contributed by atoms with Gasteiger partial charge in [-0.15, -0.1) is 0 Å². The number of likely N-dealkylation sites (N-methyl/N-ethyl adjacent to an activating group) is 1. The lowest BCUT2D eigenvalue weighted by Crippen LogP contribution is -2.39. The molecule has 3 rings (SSSR count). The van der Waals surface area contributed by atoms with Crippen molar-refractivity contribution in [2.24, 2.45) is 0 Å². The molecule has 0 radical (unpaired) electrons. The molecule has 1 saturated carbocycles. The monoisotopic (exact) mass is 320 g/mol. The Morgan fingerprint density at radius 3 is 3.00 bits per heavy atom. The molecule has 2 aromatic rings. The van der Waals surface area contributed by atoms with Gasteiger partial charge in [0.1, 0.15) is 5.82 Å². The minimum atomic E-state index is 0.0351. The molecule has 0 unspecified atom stereocenters. The number of carbonyl (C=O) groups is 1. The molecule has 0 bridgehead atoms. The Morgan fingerprint density at radius 2 is 2.23 bits per heavy atom. The van der Waals surface area contributed by atoms with Gasteiger partial charge in [-0.25, -0.2) is 4.98 Å². The van der Waals surface area contributed by atoms with Crippen LogP contribution in [0.1, 0.15) is 31.5 Å². The summed E-state index contributed by atoms with van der Waals surface area (Å²) in [5, 5.41) is 3.59. The standard InChI is InChI=1S/C16H21ClN4O/c1-21(12-4-2-3-5-12)10-16(22)18-9-15-19-13-7-6-11(17)8-14(13)20-15/h6-8,12H,2-5,9-10H2,1H3,(H,18,22)(H,19,20). The van der Waals surface area contributed by atoms with Crippen LogP contribution in [0, 0.1) is 0 Å². The highest BCUT2D eigenvalue weighted by Crippen LogP contribution is 2.22. The first kappa shape index (κ1) is 15.3. The summed E-state index contributed by atoms with van der Waals surface area (Å²) < 4.78 is 0. The van der Waals surface area contributed by atoms with Crippen molar-refractivity contribution in [2.45, 2.75) is 38.3 Å². The van der Waals surface area contributed by atoms with E-state index in [4.69, 9.17) is 11.6 Å². The third-order valence-electron chi connectivity index (χ3n) is 4.29. The number of fused-ring (bicyclic) bond motifs is 1. The molecule has 1 heterocycles. The molecule has 6 heteroatoms. The van der Waals surface area contributed by atoms with Crippen LogP contribution in [0.25, 0.3) is 11.0 Å². The van der Waals surface area contributed by atoms with E-state index in [9.17, 15) is 4.79 Å². The van der Waals surface area contributed by atoms with E-state index in [0.717, 1.165) is 16.9 Å². The van der Waals surface area contributed by atoms with Crippen LogP contribution in [0.3, 0.4) is 0 Å². The number of amides is 1. The summed E-state index contributed by atoms with van der Waals surface area (Å²) in [4.78, 5) is 21.8. The molecular weight excluding hydrogens is 300 g/mol. The van der Waals surface area contributed by atoms with E-state index in [1.165, 1.54) is 25.7 Å². The van der Waals surface area contributed by atoms with Crippen molar-refractivity contribution in [2.75, 3.05) is 13.6 Å². The topological polar surface area (TPSA) is 61.0 Å². The average molecular weight is 321 g/mol. The first-order chi connectivity index (χ1) is 10.6. The Kier molecular flexibility index (Phi) is 4.64. The van der Waals surface area contributed by atoms with E-state index in [1.807, 2.05) is 25.2 Å². The van der Waals surface area contributed by atoms with Crippen LogP contribution in [0.15, 0.2) is 18.2 Å². The predicted octanol–water partition coefficient (Wildman–Crippen LogP) is 2.71. The average Bonchev–Trinajstić information content (AvgIpc) is 3.13. The lowest BCUT2D eigenvalue weighted by Gasteiger charge is -2.23. The van der Waals surface area contributed by atoms with Crippen molar-refractivity contribution in [3.63, 3.8) is 0 Å². The molecule has 0 atom stereocenters. The Balaban J connectivity index is 1.53. The lowest BCUT2D eigenvalue weighted by atomic mass is 10.2. The van der Waals surface area contributed by atoms with Crippen molar-refractivity contribution in [1.29, 1.82) is 0 Å². The Bertz CT molecular complexity index is 663. The summed E-state index contributed by atoms with van der Waals surface area (Å²) in [6, 6.07) is 6.07. The molecule has 22 heavy (non-hydrogen) atoms. The number of rotatable bonds is 5. The third-order valence-corrected chi connectivity index (χ3v) is 4.52. The second kappa shape index (κ2) is 6.67. The minimum absolute atomic E-state index is 0.0351. The maximum absolute atomic E-state index is 12.0. The van der Waals surface area contributed by atoms with Gasteiger partial charge in [-0.1, -0.05) is 24.4 Å². The number of halogens is 1. The quantitative estimate of drug-likeness (QED) is 0.890. The number of nitrogens with one attached hydrogen (secondary N) is 2. The highest BCUT2D eigenvalue weighted by molar-refractivity contribution is 6.31. The van der Waals surface area contributed by atoms with E-state index < -0.39 is 0 Å².